The Morgan fingerprint density at radius 3 is 0.633 bits per heavy atom. The minimum Gasteiger partial charge on any atom is -0.207 e. The van der Waals surface area contributed by atoms with E-state index in [9.17, 15) is 26.3 Å². The lowest BCUT2D eigenvalue weighted by molar-refractivity contribution is 0.627. The molecule has 0 amide bonds. The molecule has 0 saturated carbocycles. The van der Waals surface area contributed by atoms with Crippen molar-refractivity contribution in [1.82, 2.24) is 0 Å². The van der Waals surface area contributed by atoms with E-state index in [4.69, 9.17) is 0 Å². The van der Waals surface area contributed by atoms with Gasteiger partial charge in [-0.2, -0.15) is 0 Å². The van der Waals surface area contributed by atoms with Crippen molar-refractivity contribution < 1.29 is 26.3 Å². The third-order valence-electron chi connectivity index (χ3n) is 10.8. The Hall–Kier alpha value is -7.44. The van der Waals surface area contributed by atoms with Gasteiger partial charge in [-0.25, -0.2) is 26.3 Å². The Morgan fingerprint density at radius 1 is 0.167 bits per heavy atom. The summed E-state index contributed by atoms with van der Waals surface area (Å²) in [5.41, 5.74) is 11.5. The van der Waals surface area contributed by atoms with Crippen molar-refractivity contribution >= 4 is 0 Å². The fraction of sp³-hybridized carbons (Fsp3) is 0. The molecule has 0 saturated heterocycles. The van der Waals surface area contributed by atoms with Crippen molar-refractivity contribution in [1.29, 1.82) is 0 Å². The quantitative estimate of drug-likeness (QED) is 0.134. The van der Waals surface area contributed by atoms with Crippen molar-refractivity contribution in [2.24, 2.45) is 0 Å². The van der Waals surface area contributed by atoms with Gasteiger partial charge >= 0.3 is 0 Å². The highest BCUT2D eigenvalue weighted by atomic mass is 19.1. The highest BCUT2D eigenvalue weighted by Crippen LogP contribution is 2.51. The van der Waals surface area contributed by atoms with Gasteiger partial charge in [0, 0.05) is 0 Å². The van der Waals surface area contributed by atoms with Crippen LogP contribution in [0, 0.1) is 34.9 Å². The Labute approximate surface area is 343 Å². The molecular formula is C54H32F6. The fourth-order valence-corrected chi connectivity index (χ4v) is 8.03. The van der Waals surface area contributed by atoms with Crippen molar-refractivity contribution in [3.05, 3.63) is 229 Å². The van der Waals surface area contributed by atoms with E-state index in [0.717, 1.165) is 55.6 Å². The molecule has 0 fully saturated rings. The number of hydrogen-bond acceptors (Lipinski definition) is 0. The second-order valence-electron chi connectivity index (χ2n) is 14.4. The highest BCUT2D eigenvalue weighted by molar-refractivity contribution is 6.08. The maximum absolute atomic E-state index is 14.8. The first-order valence-corrected chi connectivity index (χ1v) is 19.2. The zero-order chi connectivity index (χ0) is 41.3. The minimum atomic E-state index is -0.435. The van der Waals surface area contributed by atoms with Gasteiger partial charge < -0.3 is 0 Å². The Kier molecular flexibility index (Phi) is 10.2. The summed E-state index contributed by atoms with van der Waals surface area (Å²) >= 11 is 0. The molecule has 0 atom stereocenters. The van der Waals surface area contributed by atoms with Gasteiger partial charge in [0.25, 0.3) is 0 Å². The van der Waals surface area contributed by atoms with E-state index < -0.39 is 23.3 Å². The van der Waals surface area contributed by atoms with Gasteiger partial charge in [0.05, 0.1) is 0 Å². The minimum absolute atomic E-state index is 0.389. The van der Waals surface area contributed by atoms with Crippen LogP contribution in [0.15, 0.2) is 194 Å². The van der Waals surface area contributed by atoms with E-state index in [-0.39, 0.29) is 11.6 Å². The van der Waals surface area contributed by atoms with Gasteiger partial charge in [-0.15, -0.1) is 0 Å². The molecule has 0 heterocycles. The number of benzene rings is 9. The Bertz CT molecular complexity index is 2760. The first-order valence-electron chi connectivity index (χ1n) is 19.2. The topological polar surface area (TPSA) is 0 Å². The molecule has 0 aliphatic carbocycles. The van der Waals surface area contributed by atoms with E-state index >= 15 is 0 Å². The lowest BCUT2D eigenvalue weighted by Crippen LogP contribution is -1.99. The second kappa shape index (κ2) is 16.1. The Morgan fingerprint density at radius 2 is 0.367 bits per heavy atom. The van der Waals surface area contributed by atoms with E-state index in [1.807, 2.05) is 48.5 Å². The van der Waals surface area contributed by atoms with Crippen LogP contribution in [0.2, 0.25) is 0 Å². The van der Waals surface area contributed by atoms with Crippen LogP contribution in [-0.2, 0) is 0 Å². The highest BCUT2D eigenvalue weighted by Gasteiger charge is 2.25. The lowest BCUT2D eigenvalue weighted by Gasteiger charge is -2.25. The molecule has 290 valence electrons. The van der Waals surface area contributed by atoms with Crippen LogP contribution < -0.4 is 0 Å². The summed E-state index contributed by atoms with van der Waals surface area (Å²) in [5.74, 6) is -2.46. The average molecular weight is 795 g/mol. The molecule has 0 radical (unpaired) electrons. The zero-order valence-corrected chi connectivity index (χ0v) is 31.7. The molecule has 9 rings (SSSR count). The fourth-order valence-electron chi connectivity index (χ4n) is 8.03. The molecule has 0 aromatic heterocycles. The normalized spacial score (nSPS) is 11.2. The number of halogens is 6. The third kappa shape index (κ3) is 7.40. The predicted octanol–water partition coefficient (Wildman–Crippen LogP) is 15.9. The average Bonchev–Trinajstić information content (AvgIpc) is 3.27. The standard InChI is InChI=1S/C54H32F6/c55-39-19-7-33(8-20-39)45-3-1-5-47(51(45)35-11-23-41(57)24-12-35)49-31-32-50(54(38-17-29-44(60)30-18-38)53(49)37-15-27-43(59)28-16-37)48-6-2-4-46(34-9-21-40(56)22-10-34)52(48)36-13-25-42(58)26-14-36/h1-32H. The van der Waals surface area contributed by atoms with Gasteiger partial charge in [-0.3, -0.25) is 0 Å². The molecule has 6 heteroatoms. The SMILES string of the molecule is Fc1ccc(-c2cccc(-c3ccc(-c4cccc(-c5ccc(F)cc5)c4-c4ccc(F)cc4)c(-c4ccc(F)cc4)c3-c3ccc(F)cc3)c2-c2ccc(F)cc2)cc1. The third-order valence-corrected chi connectivity index (χ3v) is 10.8. The second-order valence-corrected chi connectivity index (χ2v) is 14.4. The summed E-state index contributed by atoms with van der Waals surface area (Å²) in [4.78, 5) is 0. The molecule has 9 aromatic carbocycles. The van der Waals surface area contributed by atoms with Gasteiger partial charge in [0.1, 0.15) is 34.9 Å². The Balaban J connectivity index is 1.42. The van der Waals surface area contributed by atoms with Gasteiger partial charge in [0.2, 0.25) is 0 Å². The molecule has 0 bridgehead atoms. The van der Waals surface area contributed by atoms with Crippen LogP contribution in [0.5, 0.6) is 0 Å². The molecular weight excluding hydrogens is 763 g/mol. The van der Waals surface area contributed by atoms with Crippen molar-refractivity contribution in [3.63, 3.8) is 0 Å². The van der Waals surface area contributed by atoms with E-state index in [1.165, 1.54) is 72.8 Å². The smallest absolute Gasteiger partial charge is 0.123 e. The molecule has 0 aliphatic rings. The summed E-state index contributed by atoms with van der Waals surface area (Å²) < 4.78 is 87.0. The largest absolute Gasteiger partial charge is 0.207 e. The molecule has 60 heavy (non-hydrogen) atoms. The first-order chi connectivity index (χ1) is 29.2. The van der Waals surface area contributed by atoms with Crippen LogP contribution in [-0.4, -0.2) is 0 Å². The van der Waals surface area contributed by atoms with Crippen LogP contribution in [0.25, 0.3) is 89.0 Å². The van der Waals surface area contributed by atoms with E-state index in [1.54, 1.807) is 72.8 Å². The molecule has 0 aliphatic heterocycles. The zero-order valence-electron chi connectivity index (χ0n) is 31.7. The monoisotopic (exact) mass is 794 g/mol. The van der Waals surface area contributed by atoms with E-state index in [0.29, 0.717) is 33.4 Å². The van der Waals surface area contributed by atoms with Gasteiger partial charge in [-0.1, -0.05) is 121 Å². The van der Waals surface area contributed by atoms with Crippen LogP contribution in [0.1, 0.15) is 0 Å². The summed E-state index contributed by atoms with van der Waals surface area (Å²) in [5, 5.41) is 0. The summed E-state index contributed by atoms with van der Waals surface area (Å²) in [6.45, 7) is 0. The lowest BCUT2D eigenvalue weighted by atomic mass is 9.78. The van der Waals surface area contributed by atoms with Crippen LogP contribution >= 0.6 is 0 Å². The van der Waals surface area contributed by atoms with E-state index in [2.05, 4.69) is 0 Å². The molecule has 0 nitrogen and oxygen atoms in total. The first kappa shape index (κ1) is 38.1. The number of rotatable bonds is 8. The molecule has 0 unspecified atom stereocenters. The predicted molar refractivity (Wildman–Crippen MR) is 230 cm³/mol. The van der Waals surface area contributed by atoms with Crippen molar-refractivity contribution in [3.8, 4) is 89.0 Å². The molecule has 0 spiro atoms. The number of hydrogen-bond donors (Lipinski definition) is 0. The maximum atomic E-state index is 14.8. The summed E-state index contributed by atoms with van der Waals surface area (Å²) in [6, 6.07) is 52.6. The summed E-state index contributed by atoms with van der Waals surface area (Å²) in [7, 11) is 0. The molecule has 9 aromatic rings. The van der Waals surface area contributed by atoms with Gasteiger partial charge in [0.15, 0.2) is 0 Å². The van der Waals surface area contributed by atoms with Gasteiger partial charge in [-0.05, 0) is 162 Å². The van der Waals surface area contributed by atoms with Crippen LogP contribution in [0.3, 0.4) is 0 Å². The maximum Gasteiger partial charge on any atom is 0.123 e. The van der Waals surface area contributed by atoms with Crippen LogP contribution in [0.4, 0.5) is 26.3 Å². The van der Waals surface area contributed by atoms with Crippen molar-refractivity contribution in [2.75, 3.05) is 0 Å². The summed E-state index contributed by atoms with van der Waals surface area (Å²) in [6.07, 6.45) is 0. The molecule has 0 N–H and O–H groups in total. The van der Waals surface area contributed by atoms with Crippen molar-refractivity contribution in [2.45, 2.75) is 0 Å².